The molecule has 0 bridgehead atoms. The predicted molar refractivity (Wildman–Crippen MR) is 66.3 cm³/mol. The van der Waals surface area contributed by atoms with Crippen LogP contribution in [0.4, 0.5) is 0 Å². The second kappa shape index (κ2) is 6.76. The van der Waals surface area contributed by atoms with Crippen LogP contribution in [-0.2, 0) is 14.3 Å². The van der Waals surface area contributed by atoms with Gasteiger partial charge in [0, 0.05) is 11.6 Å². The minimum atomic E-state index is -0.571. The average molecular weight is 270 g/mol. The Morgan fingerprint density at radius 3 is 2.72 bits per heavy atom. The largest absolute Gasteiger partial charge is 0.464 e. The fourth-order valence-electron chi connectivity index (χ4n) is 1.14. The van der Waals surface area contributed by atoms with Crippen LogP contribution in [0.2, 0.25) is 5.15 Å². The molecule has 0 fully saturated rings. The van der Waals surface area contributed by atoms with Crippen LogP contribution < -0.4 is 0 Å². The van der Waals surface area contributed by atoms with E-state index in [1.54, 1.807) is 13.0 Å². The zero-order chi connectivity index (χ0) is 13.5. The summed E-state index contributed by atoms with van der Waals surface area (Å²) >= 11 is 5.87. The van der Waals surface area contributed by atoms with Gasteiger partial charge in [-0.1, -0.05) is 11.6 Å². The Morgan fingerprint density at radius 2 is 2.17 bits per heavy atom. The Bertz CT molecular complexity index is 485. The van der Waals surface area contributed by atoms with Gasteiger partial charge in [0.15, 0.2) is 0 Å². The lowest BCUT2D eigenvalue weighted by atomic mass is 10.2. The number of aromatic nitrogens is 1. The number of ether oxygens (including phenoxy) is 2. The van der Waals surface area contributed by atoms with Gasteiger partial charge in [-0.3, -0.25) is 0 Å². The lowest BCUT2D eigenvalue weighted by Crippen LogP contribution is -2.04. The van der Waals surface area contributed by atoms with Gasteiger partial charge >= 0.3 is 11.9 Å². The lowest BCUT2D eigenvalue weighted by Gasteiger charge is -2.01. The summed E-state index contributed by atoms with van der Waals surface area (Å²) in [6.07, 6.45) is 2.71. The maximum atomic E-state index is 11.2. The molecule has 0 saturated heterocycles. The van der Waals surface area contributed by atoms with Gasteiger partial charge in [0.1, 0.15) is 10.8 Å². The summed E-state index contributed by atoms with van der Waals surface area (Å²) in [5.41, 5.74) is 0.619. The molecule has 0 aliphatic carbocycles. The molecule has 0 aromatic carbocycles. The molecule has 1 heterocycles. The Kier molecular flexibility index (Phi) is 5.32. The highest BCUT2D eigenvalue weighted by Gasteiger charge is 2.09. The number of nitrogens with zero attached hydrogens (tertiary/aromatic N) is 1. The molecule has 18 heavy (non-hydrogen) atoms. The molecule has 1 aromatic rings. The van der Waals surface area contributed by atoms with Crippen molar-refractivity contribution in [3.05, 3.63) is 34.6 Å². The molecule has 0 N–H and O–H groups in total. The molecule has 0 saturated carbocycles. The van der Waals surface area contributed by atoms with Crippen LogP contribution in [0.5, 0.6) is 0 Å². The van der Waals surface area contributed by atoms with Crippen LogP contribution in [0, 0.1) is 0 Å². The van der Waals surface area contributed by atoms with Crippen molar-refractivity contribution in [3.8, 4) is 0 Å². The molecule has 1 rings (SSSR count). The van der Waals surface area contributed by atoms with Crippen molar-refractivity contribution in [2.24, 2.45) is 0 Å². The number of carbonyl (C=O) groups excluding carboxylic acids is 2. The number of hydrogen-bond donors (Lipinski definition) is 0. The Hall–Kier alpha value is -1.88. The number of hydrogen-bond acceptors (Lipinski definition) is 5. The van der Waals surface area contributed by atoms with Crippen LogP contribution >= 0.6 is 11.6 Å². The molecule has 1 aromatic heterocycles. The van der Waals surface area contributed by atoms with E-state index in [-0.39, 0.29) is 10.8 Å². The summed E-state index contributed by atoms with van der Waals surface area (Å²) in [4.78, 5) is 26.2. The monoisotopic (exact) mass is 269 g/mol. The first-order valence-electron chi connectivity index (χ1n) is 5.18. The highest BCUT2D eigenvalue weighted by Crippen LogP contribution is 2.16. The lowest BCUT2D eigenvalue weighted by molar-refractivity contribution is -0.137. The molecule has 0 radical (unpaired) electrons. The second-order valence-electron chi connectivity index (χ2n) is 3.15. The van der Waals surface area contributed by atoms with E-state index in [9.17, 15) is 9.59 Å². The summed E-state index contributed by atoms with van der Waals surface area (Å²) in [5.74, 6) is -1.04. The summed E-state index contributed by atoms with van der Waals surface area (Å²) in [7, 11) is 1.26. The van der Waals surface area contributed by atoms with Crippen molar-refractivity contribution >= 4 is 29.6 Å². The second-order valence-corrected chi connectivity index (χ2v) is 3.51. The molecule has 0 unspecified atom stereocenters. The number of pyridine rings is 1. The van der Waals surface area contributed by atoms with E-state index in [1.165, 1.54) is 25.3 Å². The molecule has 0 spiro atoms. The average Bonchev–Trinajstić information content (AvgIpc) is 2.36. The van der Waals surface area contributed by atoms with E-state index in [0.29, 0.717) is 12.2 Å². The van der Waals surface area contributed by atoms with Gasteiger partial charge in [-0.2, -0.15) is 0 Å². The molecule has 96 valence electrons. The van der Waals surface area contributed by atoms with Gasteiger partial charge in [-0.15, -0.1) is 0 Å². The van der Waals surface area contributed by atoms with Gasteiger partial charge in [0.2, 0.25) is 0 Å². The van der Waals surface area contributed by atoms with Gasteiger partial charge in [-0.05, 0) is 25.1 Å². The fraction of sp³-hybridized carbons (Fsp3) is 0.250. The summed E-state index contributed by atoms with van der Waals surface area (Å²) in [6, 6.07) is 3.03. The topological polar surface area (TPSA) is 65.5 Å². The molecule has 6 heteroatoms. The van der Waals surface area contributed by atoms with Crippen LogP contribution in [0.1, 0.15) is 23.0 Å². The van der Waals surface area contributed by atoms with E-state index < -0.39 is 11.9 Å². The summed E-state index contributed by atoms with van der Waals surface area (Å²) in [6.45, 7) is 2.02. The quantitative estimate of drug-likeness (QED) is 0.476. The normalized spacial score (nSPS) is 10.4. The predicted octanol–water partition coefficient (Wildman–Crippen LogP) is 2.10. The molecule has 0 atom stereocenters. The van der Waals surface area contributed by atoms with E-state index in [2.05, 4.69) is 9.72 Å². The number of rotatable bonds is 4. The molecule has 0 aliphatic heterocycles. The Balaban J connectivity index is 2.86. The smallest absolute Gasteiger partial charge is 0.356 e. The minimum Gasteiger partial charge on any atom is -0.464 e. The van der Waals surface area contributed by atoms with Crippen LogP contribution in [-0.4, -0.2) is 30.6 Å². The van der Waals surface area contributed by atoms with Gasteiger partial charge in [-0.25, -0.2) is 14.6 Å². The Labute approximate surface area is 109 Å². The van der Waals surface area contributed by atoms with Gasteiger partial charge < -0.3 is 9.47 Å². The Morgan fingerprint density at radius 1 is 1.44 bits per heavy atom. The van der Waals surface area contributed by atoms with Crippen molar-refractivity contribution in [2.45, 2.75) is 6.92 Å². The maximum absolute atomic E-state index is 11.2. The molecular formula is C12H12ClNO4. The molecule has 0 amide bonds. The van der Waals surface area contributed by atoms with Crippen molar-refractivity contribution in [2.75, 3.05) is 13.7 Å². The van der Waals surface area contributed by atoms with Crippen LogP contribution in [0.3, 0.4) is 0 Å². The number of halogens is 1. The van der Waals surface area contributed by atoms with E-state index in [0.717, 1.165) is 0 Å². The molecular weight excluding hydrogens is 258 g/mol. The fourth-order valence-corrected chi connectivity index (χ4v) is 1.35. The van der Waals surface area contributed by atoms with E-state index in [4.69, 9.17) is 16.3 Å². The van der Waals surface area contributed by atoms with Crippen LogP contribution in [0.15, 0.2) is 18.2 Å². The van der Waals surface area contributed by atoms with E-state index >= 15 is 0 Å². The first-order valence-corrected chi connectivity index (χ1v) is 5.56. The zero-order valence-electron chi connectivity index (χ0n) is 9.97. The minimum absolute atomic E-state index is 0.107. The standard InChI is InChI=1S/C12H12ClNO4/c1-3-18-10(15)7-5-8-4-6-9(12(16)17-2)14-11(8)13/h4-7H,3H2,1-2H3/b7-5+. The van der Waals surface area contributed by atoms with Crippen molar-refractivity contribution in [3.63, 3.8) is 0 Å². The summed E-state index contributed by atoms with van der Waals surface area (Å²) < 4.78 is 9.23. The molecule has 5 nitrogen and oxygen atoms in total. The van der Waals surface area contributed by atoms with Crippen molar-refractivity contribution in [1.82, 2.24) is 4.98 Å². The third-order valence-corrected chi connectivity index (χ3v) is 2.26. The third-order valence-electron chi connectivity index (χ3n) is 1.96. The first-order chi connectivity index (χ1) is 8.58. The third kappa shape index (κ3) is 3.85. The van der Waals surface area contributed by atoms with Gasteiger partial charge in [0.05, 0.1) is 13.7 Å². The van der Waals surface area contributed by atoms with Crippen LogP contribution in [0.25, 0.3) is 6.08 Å². The SMILES string of the molecule is CCOC(=O)/C=C/c1ccc(C(=O)OC)nc1Cl. The number of methoxy groups -OCH3 is 1. The van der Waals surface area contributed by atoms with Crippen molar-refractivity contribution < 1.29 is 19.1 Å². The zero-order valence-corrected chi connectivity index (χ0v) is 10.7. The highest BCUT2D eigenvalue weighted by atomic mass is 35.5. The van der Waals surface area contributed by atoms with Gasteiger partial charge in [0.25, 0.3) is 0 Å². The number of esters is 2. The molecule has 0 aliphatic rings. The van der Waals surface area contributed by atoms with E-state index in [1.807, 2.05) is 0 Å². The number of carbonyl (C=O) groups is 2. The summed E-state index contributed by atoms with van der Waals surface area (Å²) in [5, 5.41) is 0.110. The van der Waals surface area contributed by atoms with Crippen molar-refractivity contribution in [1.29, 1.82) is 0 Å². The highest BCUT2D eigenvalue weighted by molar-refractivity contribution is 6.31. The maximum Gasteiger partial charge on any atom is 0.356 e. The first kappa shape index (κ1) is 14.2.